The predicted octanol–water partition coefficient (Wildman–Crippen LogP) is 4.30. The Hall–Kier alpha value is -1.54. The van der Waals surface area contributed by atoms with E-state index in [1.165, 1.54) is 0 Å². The second-order valence-corrected chi connectivity index (χ2v) is 4.04. The second-order valence-electron chi connectivity index (χ2n) is 3.61. The predicted molar refractivity (Wildman–Crippen MR) is 66.9 cm³/mol. The van der Waals surface area contributed by atoms with Gasteiger partial charge in [-0.15, -0.1) is 0 Å². The number of hydrogen-bond donors (Lipinski definition) is 0. The van der Waals surface area contributed by atoms with Crippen molar-refractivity contribution in [3.63, 3.8) is 0 Å². The van der Waals surface area contributed by atoms with Crippen LogP contribution in [0.15, 0.2) is 39.7 Å². The number of benzene rings is 1. The molecule has 0 aliphatic rings. The molecule has 3 heteroatoms. The lowest BCUT2D eigenvalue weighted by Crippen LogP contribution is -1.78. The molecule has 0 radical (unpaired) electrons. The number of nitrogens with zero attached hydrogens (tertiary/aromatic N) is 1. The highest BCUT2D eigenvalue weighted by Crippen LogP contribution is 2.18. The van der Waals surface area contributed by atoms with Gasteiger partial charge in [-0.3, -0.25) is 4.99 Å². The van der Waals surface area contributed by atoms with Crippen molar-refractivity contribution < 1.29 is 4.42 Å². The largest absolute Gasteiger partial charge is 0.466 e. The monoisotopic (exact) mass is 233 g/mol. The van der Waals surface area contributed by atoms with E-state index in [9.17, 15) is 0 Å². The molecule has 1 heterocycles. The highest BCUT2D eigenvalue weighted by Gasteiger charge is 2.00. The van der Waals surface area contributed by atoms with Gasteiger partial charge in [0.05, 0.1) is 5.69 Å². The van der Waals surface area contributed by atoms with Crippen molar-refractivity contribution in [2.75, 3.05) is 0 Å². The molecule has 2 rings (SSSR count). The Balaban J connectivity index is 2.24. The third kappa shape index (κ3) is 2.52. The van der Waals surface area contributed by atoms with Crippen molar-refractivity contribution in [1.29, 1.82) is 0 Å². The van der Waals surface area contributed by atoms with E-state index in [0.29, 0.717) is 5.02 Å². The molecule has 0 saturated carbocycles. The van der Waals surface area contributed by atoms with Crippen molar-refractivity contribution in [3.8, 4) is 0 Å². The van der Waals surface area contributed by atoms with Crippen molar-refractivity contribution in [2.45, 2.75) is 13.8 Å². The normalized spacial score (nSPS) is 11.2. The molecule has 82 valence electrons. The van der Waals surface area contributed by atoms with Crippen LogP contribution in [0, 0.1) is 13.8 Å². The first kappa shape index (κ1) is 11.0. The van der Waals surface area contributed by atoms with Crippen LogP contribution in [0.4, 0.5) is 5.69 Å². The maximum absolute atomic E-state index is 5.87. The first-order valence-corrected chi connectivity index (χ1v) is 5.39. The van der Waals surface area contributed by atoms with Gasteiger partial charge in [0.15, 0.2) is 0 Å². The molecule has 0 atom stereocenters. The topological polar surface area (TPSA) is 25.5 Å². The molecule has 0 fully saturated rings. The lowest BCUT2D eigenvalue weighted by molar-refractivity contribution is 0.504. The van der Waals surface area contributed by atoms with E-state index in [-0.39, 0.29) is 0 Å². The maximum Gasteiger partial charge on any atom is 0.109 e. The van der Waals surface area contributed by atoms with Gasteiger partial charge in [-0.1, -0.05) is 17.7 Å². The summed E-state index contributed by atoms with van der Waals surface area (Å²) < 4.78 is 5.41. The molecule has 0 unspecified atom stereocenters. The fraction of sp³-hybridized carbons (Fsp3) is 0.154. The SMILES string of the molecule is Cc1cc(C=Nc2cccc(Cl)c2)c(C)o1. The van der Waals surface area contributed by atoms with E-state index in [2.05, 4.69) is 4.99 Å². The van der Waals surface area contributed by atoms with E-state index < -0.39 is 0 Å². The van der Waals surface area contributed by atoms with Crippen LogP contribution in [0.1, 0.15) is 17.1 Å². The minimum absolute atomic E-state index is 0.690. The molecule has 0 amide bonds. The summed E-state index contributed by atoms with van der Waals surface area (Å²) in [6.45, 7) is 3.84. The average molecular weight is 234 g/mol. The van der Waals surface area contributed by atoms with Crippen molar-refractivity contribution >= 4 is 23.5 Å². The molecule has 0 N–H and O–H groups in total. The van der Waals surface area contributed by atoms with Crippen molar-refractivity contribution in [1.82, 2.24) is 0 Å². The molecular weight excluding hydrogens is 222 g/mol. The summed E-state index contributed by atoms with van der Waals surface area (Å²) >= 11 is 5.87. The van der Waals surface area contributed by atoms with Crippen LogP contribution >= 0.6 is 11.6 Å². The molecule has 1 aromatic carbocycles. The Bertz CT molecular complexity index is 528. The van der Waals surface area contributed by atoms with Crippen LogP contribution < -0.4 is 0 Å². The van der Waals surface area contributed by atoms with Crippen LogP contribution in [0.3, 0.4) is 0 Å². The summed E-state index contributed by atoms with van der Waals surface area (Å²) in [7, 11) is 0. The van der Waals surface area contributed by atoms with E-state index in [4.69, 9.17) is 16.0 Å². The number of aryl methyl sites for hydroxylation is 2. The smallest absolute Gasteiger partial charge is 0.109 e. The molecule has 2 nitrogen and oxygen atoms in total. The summed E-state index contributed by atoms with van der Waals surface area (Å²) in [6, 6.07) is 9.39. The number of rotatable bonds is 2. The van der Waals surface area contributed by atoms with Gasteiger partial charge < -0.3 is 4.42 Å². The average Bonchev–Trinajstić information content (AvgIpc) is 2.54. The van der Waals surface area contributed by atoms with Crippen LogP contribution in [-0.4, -0.2) is 6.21 Å². The third-order valence-electron chi connectivity index (χ3n) is 2.24. The summed E-state index contributed by atoms with van der Waals surface area (Å²) in [5.74, 6) is 1.77. The highest BCUT2D eigenvalue weighted by atomic mass is 35.5. The number of halogens is 1. The van der Waals surface area contributed by atoms with Gasteiger partial charge in [-0.2, -0.15) is 0 Å². The van der Waals surface area contributed by atoms with Crippen LogP contribution in [-0.2, 0) is 0 Å². The fourth-order valence-electron chi connectivity index (χ4n) is 1.48. The number of aliphatic imine (C=N–C) groups is 1. The van der Waals surface area contributed by atoms with E-state index >= 15 is 0 Å². The van der Waals surface area contributed by atoms with Crippen LogP contribution in [0.25, 0.3) is 0 Å². The Morgan fingerprint density at radius 3 is 2.69 bits per heavy atom. The molecule has 0 aliphatic carbocycles. The standard InChI is InChI=1S/C13H12ClNO/c1-9-6-11(10(2)16-9)8-15-13-5-3-4-12(14)7-13/h3-8H,1-2H3. The van der Waals surface area contributed by atoms with E-state index in [1.807, 2.05) is 44.2 Å². The van der Waals surface area contributed by atoms with Crippen molar-refractivity contribution in [3.05, 3.63) is 52.4 Å². The van der Waals surface area contributed by atoms with E-state index in [1.54, 1.807) is 6.21 Å². The van der Waals surface area contributed by atoms with Crippen LogP contribution in [0.2, 0.25) is 5.02 Å². The van der Waals surface area contributed by atoms with Crippen molar-refractivity contribution in [2.24, 2.45) is 4.99 Å². The van der Waals surface area contributed by atoms with Crippen LogP contribution in [0.5, 0.6) is 0 Å². The minimum atomic E-state index is 0.690. The second kappa shape index (κ2) is 4.54. The minimum Gasteiger partial charge on any atom is -0.466 e. The zero-order valence-corrected chi connectivity index (χ0v) is 9.95. The van der Waals surface area contributed by atoms with Gasteiger partial charge in [0.2, 0.25) is 0 Å². The molecule has 16 heavy (non-hydrogen) atoms. The third-order valence-corrected chi connectivity index (χ3v) is 2.48. The molecule has 1 aromatic heterocycles. The van der Waals surface area contributed by atoms with Gasteiger partial charge >= 0.3 is 0 Å². The zero-order chi connectivity index (χ0) is 11.5. The Morgan fingerprint density at radius 2 is 2.06 bits per heavy atom. The molecule has 0 aliphatic heterocycles. The summed E-state index contributed by atoms with van der Waals surface area (Å²) in [5.41, 5.74) is 1.84. The Labute approximate surface area is 99.6 Å². The number of hydrogen-bond acceptors (Lipinski definition) is 2. The maximum atomic E-state index is 5.87. The van der Waals surface area contributed by atoms with Gasteiger partial charge in [0.1, 0.15) is 11.5 Å². The van der Waals surface area contributed by atoms with Gasteiger partial charge in [0.25, 0.3) is 0 Å². The number of furan rings is 1. The van der Waals surface area contributed by atoms with E-state index in [0.717, 1.165) is 22.8 Å². The lowest BCUT2D eigenvalue weighted by atomic mass is 10.2. The summed E-state index contributed by atoms with van der Waals surface area (Å²) in [6.07, 6.45) is 1.79. The first-order valence-electron chi connectivity index (χ1n) is 5.02. The lowest BCUT2D eigenvalue weighted by Gasteiger charge is -1.93. The summed E-state index contributed by atoms with van der Waals surface area (Å²) in [5, 5.41) is 0.690. The van der Waals surface area contributed by atoms with Gasteiger partial charge in [0, 0.05) is 16.8 Å². The first-order chi connectivity index (χ1) is 7.65. The quantitative estimate of drug-likeness (QED) is 0.710. The molecule has 0 saturated heterocycles. The fourth-order valence-corrected chi connectivity index (χ4v) is 1.66. The Morgan fingerprint density at radius 1 is 1.25 bits per heavy atom. The highest BCUT2D eigenvalue weighted by molar-refractivity contribution is 6.30. The molecular formula is C13H12ClNO. The molecule has 2 aromatic rings. The summed E-state index contributed by atoms with van der Waals surface area (Å²) in [4.78, 5) is 4.34. The molecule has 0 spiro atoms. The zero-order valence-electron chi connectivity index (χ0n) is 9.20. The van der Waals surface area contributed by atoms with Gasteiger partial charge in [-0.05, 0) is 38.1 Å². The van der Waals surface area contributed by atoms with Gasteiger partial charge in [-0.25, -0.2) is 0 Å². The Kier molecular flexibility index (Phi) is 3.11. The molecule has 0 bridgehead atoms.